The largest absolute Gasteiger partial charge is 0.451 e. The second-order valence-electron chi connectivity index (χ2n) is 9.03. The van der Waals surface area contributed by atoms with E-state index in [0.29, 0.717) is 5.56 Å². The molecule has 1 heterocycles. The number of benzene rings is 2. The van der Waals surface area contributed by atoms with E-state index in [9.17, 15) is 14.4 Å². The molecule has 0 saturated heterocycles. The molecule has 3 rings (SSSR count). The molecule has 1 aliphatic rings. The lowest BCUT2D eigenvalue weighted by Crippen LogP contribution is -2.44. The summed E-state index contributed by atoms with van der Waals surface area (Å²) in [7, 11) is 0. The number of nitrogens with zero attached hydrogens (tertiary/aromatic N) is 1. The van der Waals surface area contributed by atoms with E-state index >= 15 is 0 Å². The van der Waals surface area contributed by atoms with Crippen molar-refractivity contribution in [1.29, 1.82) is 0 Å². The summed E-state index contributed by atoms with van der Waals surface area (Å²) in [6.45, 7) is 9.52. The summed E-state index contributed by atoms with van der Waals surface area (Å²) in [6.07, 6.45) is -0.170. The normalized spacial score (nSPS) is 16.4. The number of carbonyl (C=O) groups excluding carboxylic acids is 3. The van der Waals surface area contributed by atoms with E-state index in [-0.39, 0.29) is 29.8 Å². The Kier molecular flexibility index (Phi) is 6.48. The minimum absolute atomic E-state index is 0.00169. The van der Waals surface area contributed by atoms with Gasteiger partial charge >= 0.3 is 5.97 Å². The van der Waals surface area contributed by atoms with Crippen molar-refractivity contribution in [3.63, 3.8) is 0 Å². The lowest BCUT2D eigenvalue weighted by molar-refractivity contribution is -0.152. The van der Waals surface area contributed by atoms with Crippen molar-refractivity contribution in [3.8, 4) is 0 Å². The predicted molar refractivity (Wildman–Crippen MR) is 120 cm³/mol. The van der Waals surface area contributed by atoms with Crippen LogP contribution in [0.25, 0.3) is 0 Å². The number of para-hydroxylation sites is 1. The molecule has 0 saturated carbocycles. The molecule has 0 unspecified atom stereocenters. The van der Waals surface area contributed by atoms with Gasteiger partial charge < -0.3 is 15.0 Å². The number of carbonyl (C=O) groups is 3. The van der Waals surface area contributed by atoms with E-state index in [0.717, 1.165) is 23.2 Å². The van der Waals surface area contributed by atoms with Gasteiger partial charge in [0.2, 0.25) is 0 Å². The van der Waals surface area contributed by atoms with Crippen LogP contribution in [0.15, 0.2) is 48.5 Å². The summed E-state index contributed by atoms with van der Waals surface area (Å²) in [4.78, 5) is 39.1. The molecule has 0 spiro atoms. The Morgan fingerprint density at radius 2 is 1.74 bits per heavy atom. The van der Waals surface area contributed by atoms with Gasteiger partial charge in [-0.2, -0.15) is 0 Å². The highest BCUT2D eigenvalue weighted by atomic mass is 16.5. The fraction of sp³-hybridized carbons (Fsp3) is 0.400. The number of fused-ring (bicyclic) bond motifs is 1. The third-order valence-corrected chi connectivity index (χ3v) is 5.51. The average molecular weight is 423 g/mol. The lowest BCUT2D eigenvalue weighted by Gasteiger charge is -2.26. The van der Waals surface area contributed by atoms with Crippen molar-refractivity contribution in [3.05, 3.63) is 65.2 Å². The third-order valence-electron chi connectivity index (χ3n) is 5.51. The zero-order chi connectivity index (χ0) is 22.8. The van der Waals surface area contributed by atoms with E-state index in [1.54, 1.807) is 24.0 Å². The third kappa shape index (κ3) is 5.13. The van der Waals surface area contributed by atoms with Crippen LogP contribution in [0, 0.1) is 0 Å². The predicted octanol–water partition coefficient (Wildman–Crippen LogP) is 3.62. The molecule has 31 heavy (non-hydrogen) atoms. The minimum Gasteiger partial charge on any atom is -0.451 e. The van der Waals surface area contributed by atoms with Gasteiger partial charge in [0, 0.05) is 17.3 Å². The molecule has 0 fully saturated rings. The first-order chi connectivity index (χ1) is 14.6. The van der Waals surface area contributed by atoms with Crippen LogP contribution in [0.3, 0.4) is 0 Å². The number of rotatable bonds is 5. The van der Waals surface area contributed by atoms with Crippen LogP contribution in [0.4, 0.5) is 5.69 Å². The van der Waals surface area contributed by atoms with Gasteiger partial charge in [0.1, 0.15) is 6.54 Å². The molecule has 0 aromatic heterocycles. The summed E-state index contributed by atoms with van der Waals surface area (Å²) >= 11 is 0. The number of esters is 1. The summed E-state index contributed by atoms with van der Waals surface area (Å²) < 4.78 is 5.29. The van der Waals surface area contributed by atoms with Gasteiger partial charge in [0.15, 0.2) is 6.10 Å². The molecule has 6 heteroatoms. The van der Waals surface area contributed by atoms with Gasteiger partial charge in [-0.3, -0.25) is 14.4 Å². The molecular formula is C25H30N2O4. The summed E-state index contributed by atoms with van der Waals surface area (Å²) in [5.74, 6) is -1.28. The second kappa shape index (κ2) is 8.92. The maximum absolute atomic E-state index is 12.9. The highest BCUT2D eigenvalue weighted by Gasteiger charge is 2.34. The average Bonchev–Trinajstić information content (AvgIpc) is 3.06. The smallest absolute Gasteiger partial charge is 0.326 e. The fourth-order valence-corrected chi connectivity index (χ4v) is 3.76. The highest BCUT2D eigenvalue weighted by Crippen LogP contribution is 2.32. The van der Waals surface area contributed by atoms with E-state index in [1.165, 1.54) is 0 Å². The zero-order valence-electron chi connectivity index (χ0n) is 18.8. The SMILES string of the molecule is C[C@H](OC(=O)CNC(=O)c1ccc(C(C)(C)C)cc1)C(=O)N1c2ccccc2C[C@H]1C. The van der Waals surface area contributed by atoms with Gasteiger partial charge in [-0.1, -0.05) is 51.1 Å². The van der Waals surface area contributed by atoms with Crippen LogP contribution in [0.1, 0.15) is 56.1 Å². The van der Waals surface area contributed by atoms with Gasteiger partial charge in [-0.05, 0) is 55.0 Å². The first-order valence-electron chi connectivity index (χ1n) is 10.6. The molecule has 0 bridgehead atoms. The Labute approximate surface area is 183 Å². The topological polar surface area (TPSA) is 75.7 Å². The van der Waals surface area contributed by atoms with E-state index in [2.05, 4.69) is 26.1 Å². The van der Waals surface area contributed by atoms with Crippen molar-refractivity contribution in [2.45, 2.75) is 58.6 Å². The quantitative estimate of drug-likeness (QED) is 0.747. The van der Waals surface area contributed by atoms with Gasteiger partial charge in [-0.25, -0.2) is 0 Å². The number of amides is 2. The second-order valence-corrected chi connectivity index (χ2v) is 9.03. The molecule has 0 radical (unpaired) electrons. The van der Waals surface area contributed by atoms with Crippen LogP contribution >= 0.6 is 0 Å². The van der Waals surface area contributed by atoms with Crippen molar-refractivity contribution in [2.75, 3.05) is 11.4 Å². The van der Waals surface area contributed by atoms with Crippen LogP contribution in [0.5, 0.6) is 0 Å². The monoisotopic (exact) mass is 422 g/mol. The Morgan fingerprint density at radius 3 is 2.39 bits per heavy atom. The Hall–Kier alpha value is -3.15. The molecule has 0 aliphatic carbocycles. The maximum Gasteiger partial charge on any atom is 0.326 e. The molecule has 6 nitrogen and oxygen atoms in total. The number of anilines is 1. The summed E-state index contributed by atoms with van der Waals surface area (Å²) in [6, 6.07) is 15.0. The summed E-state index contributed by atoms with van der Waals surface area (Å²) in [5.41, 5.74) is 3.54. The zero-order valence-corrected chi connectivity index (χ0v) is 18.8. The van der Waals surface area contributed by atoms with Crippen LogP contribution in [-0.4, -0.2) is 36.5 Å². The molecule has 2 amide bonds. The Morgan fingerprint density at radius 1 is 1.10 bits per heavy atom. The number of hydrogen-bond donors (Lipinski definition) is 1. The summed E-state index contributed by atoms with van der Waals surface area (Å²) in [5, 5.41) is 2.56. The fourth-order valence-electron chi connectivity index (χ4n) is 3.76. The van der Waals surface area contributed by atoms with Gasteiger partial charge in [-0.15, -0.1) is 0 Å². The van der Waals surface area contributed by atoms with E-state index in [1.807, 2.05) is 43.3 Å². The van der Waals surface area contributed by atoms with Gasteiger partial charge in [0.05, 0.1) is 0 Å². The standard InChI is InChI=1S/C25H30N2O4/c1-16-14-19-8-6-7-9-21(19)27(16)24(30)17(2)31-22(28)15-26-23(29)18-10-12-20(13-11-18)25(3,4)5/h6-13,16-17H,14-15H2,1-5H3,(H,26,29)/t16-,17+/m1/s1. The molecule has 164 valence electrons. The van der Waals surface area contributed by atoms with Crippen LogP contribution < -0.4 is 10.2 Å². The van der Waals surface area contributed by atoms with Crippen LogP contribution in [-0.2, 0) is 26.2 Å². The number of hydrogen-bond acceptors (Lipinski definition) is 4. The first-order valence-corrected chi connectivity index (χ1v) is 10.6. The van der Waals surface area contributed by atoms with Crippen molar-refractivity contribution in [1.82, 2.24) is 5.32 Å². The molecule has 2 aromatic rings. The lowest BCUT2D eigenvalue weighted by atomic mass is 9.87. The van der Waals surface area contributed by atoms with E-state index < -0.39 is 12.1 Å². The van der Waals surface area contributed by atoms with E-state index in [4.69, 9.17) is 4.74 Å². The minimum atomic E-state index is -0.941. The molecule has 1 aliphatic heterocycles. The van der Waals surface area contributed by atoms with Crippen molar-refractivity contribution < 1.29 is 19.1 Å². The molecule has 1 N–H and O–H groups in total. The Bertz CT molecular complexity index is 976. The maximum atomic E-state index is 12.9. The van der Waals surface area contributed by atoms with Crippen molar-refractivity contribution in [2.24, 2.45) is 0 Å². The molecular weight excluding hydrogens is 392 g/mol. The first kappa shape index (κ1) is 22.5. The van der Waals surface area contributed by atoms with Crippen LogP contribution in [0.2, 0.25) is 0 Å². The Balaban J connectivity index is 1.53. The van der Waals surface area contributed by atoms with Crippen molar-refractivity contribution >= 4 is 23.5 Å². The molecule has 2 aromatic carbocycles. The van der Waals surface area contributed by atoms with Gasteiger partial charge in [0.25, 0.3) is 11.8 Å². The number of ether oxygens (including phenoxy) is 1. The highest BCUT2D eigenvalue weighted by molar-refractivity contribution is 6.00. The number of nitrogens with one attached hydrogen (secondary N) is 1. The molecule has 2 atom stereocenters.